The fraction of sp³-hybridized carbons (Fsp3) is 0.600. The lowest BCUT2D eigenvalue weighted by Crippen LogP contribution is -2.24. The standard InChI is InChI=1S/C30H45O4P.Al.H2O/c1-18-21-14-19(27(2,3)4)16-23(29(8,9)10)25(21)33-35(31,32)34-26-22(18)15-20(28(5,6)7)17-24(26)30(11,12)13;;/h14-18H,1-13H3,(H,31,32);;1H2/q;+1;/p-1. The topological polar surface area (TPSA) is 76.3 Å². The van der Waals surface area contributed by atoms with Crippen molar-refractivity contribution in [3.05, 3.63) is 57.6 Å². The minimum Gasteiger partial charge on any atom is -0.417 e. The smallest absolute Gasteiger partial charge is 0.417 e. The van der Waals surface area contributed by atoms with Crippen molar-refractivity contribution < 1.29 is 22.7 Å². The monoisotopic (exact) mass is 544 g/mol. The zero-order valence-electron chi connectivity index (χ0n) is 25.0. The molecule has 1 aliphatic rings. The van der Waals surface area contributed by atoms with Gasteiger partial charge in [-0.15, -0.1) is 0 Å². The number of phosphoric ester groups is 1. The zero-order valence-corrected chi connectivity index (χ0v) is 27.1. The highest BCUT2D eigenvalue weighted by Crippen LogP contribution is 2.59. The van der Waals surface area contributed by atoms with Crippen LogP contribution in [0.3, 0.4) is 0 Å². The second-order valence-electron chi connectivity index (χ2n) is 14.3. The number of fused-ring (bicyclic) bond motifs is 2. The molecule has 0 amide bonds. The lowest BCUT2D eigenvalue weighted by Gasteiger charge is -2.36. The van der Waals surface area contributed by atoms with Gasteiger partial charge in [0.1, 0.15) is 11.5 Å². The summed E-state index contributed by atoms with van der Waals surface area (Å²) in [5.74, 6) is 1.14. The van der Waals surface area contributed by atoms with Gasteiger partial charge in [-0.1, -0.05) is 114 Å². The van der Waals surface area contributed by atoms with E-state index in [0.717, 1.165) is 22.3 Å². The summed E-state index contributed by atoms with van der Waals surface area (Å²) in [7, 11) is -4.00. The van der Waals surface area contributed by atoms with Gasteiger partial charge < -0.3 is 18.1 Å². The Kier molecular flexibility index (Phi) is 8.66. The van der Waals surface area contributed by atoms with Gasteiger partial charge in [-0.3, -0.25) is 0 Å². The fourth-order valence-corrected chi connectivity index (χ4v) is 5.82. The van der Waals surface area contributed by atoms with Crippen LogP contribution in [0, 0.1) is 0 Å². The second-order valence-corrected chi connectivity index (χ2v) is 16.4. The molecule has 0 unspecified atom stereocenters. The number of benzene rings is 2. The summed E-state index contributed by atoms with van der Waals surface area (Å²) in [6, 6.07) is 8.82. The van der Waals surface area contributed by atoms with E-state index >= 15 is 0 Å². The normalized spacial score (nSPS) is 20.4. The number of hydrogen-bond acceptors (Lipinski definition) is 4. The Hall–Kier alpha value is -1.28. The van der Waals surface area contributed by atoms with Crippen LogP contribution >= 0.6 is 7.82 Å². The Balaban J connectivity index is 0.00000481. The molecule has 3 rings (SSSR count). The Morgan fingerprint density at radius 2 is 1.00 bits per heavy atom. The molecular formula is C30H46AlO5P. The summed E-state index contributed by atoms with van der Waals surface area (Å²) in [5.41, 5.74) is 5.80. The quantitative estimate of drug-likeness (QED) is 0.268. The van der Waals surface area contributed by atoms with Crippen molar-refractivity contribution in [1.82, 2.24) is 0 Å². The van der Waals surface area contributed by atoms with Gasteiger partial charge in [-0.25, -0.2) is 4.57 Å². The van der Waals surface area contributed by atoms with E-state index in [4.69, 9.17) is 12.6 Å². The van der Waals surface area contributed by atoms with Crippen molar-refractivity contribution in [2.45, 2.75) is 118 Å². The third-order valence-corrected chi connectivity index (χ3v) is 8.90. The molecule has 1 heterocycles. The van der Waals surface area contributed by atoms with Crippen LogP contribution in [-0.4, -0.2) is 22.1 Å². The first kappa shape index (κ1) is 31.9. The lowest BCUT2D eigenvalue weighted by molar-refractivity contribution is 0.295. The number of phosphoric acid groups is 1. The molecule has 2 aromatic carbocycles. The summed E-state index contributed by atoms with van der Waals surface area (Å²) in [5, 5.41) is 0. The Labute approximate surface area is 233 Å². The van der Waals surface area contributed by atoms with Gasteiger partial charge >= 0.3 is 24.4 Å². The van der Waals surface area contributed by atoms with E-state index in [1.54, 1.807) is 0 Å². The Bertz CT molecular complexity index is 1120. The van der Waals surface area contributed by atoms with Crippen molar-refractivity contribution in [3.63, 3.8) is 0 Å². The van der Waals surface area contributed by atoms with Crippen LogP contribution in [0.25, 0.3) is 0 Å². The fourth-order valence-electron chi connectivity index (χ4n) is 4.58. The van der Waals surface area contributed by atoms with E-state index in [9.17, 15) is 4.57 Å². The summed E-state index contributed by atoms with van der Waals surface area (Å²) in [4.78, 5) is 0. The average molecular weight is 545 g/mol. The van der Waals surface area contributed by atoms with Gasteiger partial charge in [0.05, 0.1) is 0 Å². The molecule has 0 aromatic heterocycles. The van der Waals surface area contributed by atoms with Crippen LogP contribution in [0.5, 0.6) is 11.5 Å². The Morgan fingerprint density at radius 3 is 1.24 bits per heavy atom. The summed E-state index contributed by atoms with van der Waals surface area (Å²) < 4.78 is 32.0. The van der Waals surface area contributed by atoms with E-state index in [1.807, 2.05) is 0 Å². The molecule has 0 saturated carbocycles. The van der Waals surface area contributed by atoms with Gasteiger partial charge in [0.2, 0.25) is 0 Å². The average Bonchev–Trinajstić information content (AvgIpc) is 2.69. The summed E-state index contributed by atoms with van der Waals surface area (Å²) in [6.07, 6.45) is 0. The highest BCUT2D eigenvalue weighted by molar-refractivity contribution is 7.50. The van der Waals surface area contributed by atoms with Gasteiger partial charge in [0, 0.05) is 28.2 Å². The van der Waals surface area contributed by atoms with Crippen molar-refractivity contribution in [2.75, 3.05) is 0 Å². The van der Waals surface area contributed by atoms with Crippen molar-refractivity contribution in [3.8, 4) is 11.5 Å². The maximum Gasteiger partial charge on any atom is 0.557 e. The van der Waals surface area contributed by atoms with Crippen molar-refractivity contribution in [1.29, 1.82) is 0 Å². The van der Waals surface area contributed by atoms with Gasteiger partial charge in [-0.2, -0.15) is 0 Å². The van der Waals surface area contributed by atoms with E-state index in [0.29, 0.717) is 11.5 Å². The van der Waals surface area contributed by atoms with E-state index in [-0.39, 0.29) is 33.1 Å². The molecule has 5 nitrogen and oxygen atoms in total. The summed E-state index contributed by atoms with van der Waals surface area (Å²) in [6.45, 7) is 28.4. The lowest BCUT2D eigenvalue weighted by atomic mass is 9.74. The molecule has 37 heavy (non-hydrogen) atoms. The maximum atomic E-state index is 14.0. The molecule has 7 heteroatoms. The molecule has 2 N–H and O–H groups in total. The molecule has 0 spiro atoms. The summed E-state index contributed by atoms with van der Waals surface area (Å²) >= 11 is 2.10. The second kappa shape index (κ2) is 10.0. The molecule has 0 atom stereocenters. The molecule has 0 saturated heterocycles. The first-order valence-corrected chi connectivity index (χ1v) is 14.8. The first-order valence-electron chi connectivity index (χ1n) is 12.8. The van der Waals surface area contributed by atoms with Gasteiger partial charge in [0.25, 0.3) is 0 Å². The predicted octanol–water partition coefficient (Wildman–Crippen LogP) is 8.18. The molecule has 0 aliphatic carbocycles. The number of hydrogen-bond donors (Lipinski definition) is 0. The van der Waals surface area contributed by atoms with Crippen LogP contribution in [0.1, 0.15) is 129 Å². The highest BCUT2D eigenvalue weighted by atomic mass is 31.2. The molecule has 0 fully saturated rings. The van der Waals surface area contributed by atoms with Crippen LogP contribution in [0.15, 0.2) is 24.3 Å². The minimum atomic E-state index is -4.00. The first-order chi connectivity index (χ1) is 16.1. The molecule has 2 aromatic rings. The molecule has 1 aliphatic heterocycles. The largest absolute Gasteiger partial charge is 0.557 e. The van der Waals surface area contributed by atoms with Crippen molar-refractivity contribution >= 4 is 24.4 Å². The van der Waals surface area contributed by atoms with E-state index in [1.165, 1.54) is 11.1 Å². The van der Waals surface area contributed by atoms with E-state index in [2.05, 4.69) is 131 Å². The van der Waals surface area contributed by atoms with Crippen LogP contribution in [0.4, 0.5) is 0 Å². The molecule has 204 valence electrons. The van der Waals surface area contributed by atoms with Crippen LogP contribution in [-0.2, 0) is 29.8 Å². The highest BCUT2D eigenvalue weighted by Gasteiger charge is 2.40. The number of rotatable bonds is 1. The van der Waals surface area contributed by atoms with E-state index < -0.39 is 7.82 Å². The molecule has 2 radical (unpaired) electrons. The van der Waals surface area contributed by atoms with Crippen molar-refractivity contribution in [2.24, 2.45) is 0 Å². The van der Waals surface area contributed by atoms with Gasteiger partial charge in [-0.05, 0) is 32.8 Å². The van der Waals surface area contributed by atoms with Crippen LogP contribution in [0.2, 0.25) is 0 Å². The maximum absolute atomic E-state index is 14.0. The molecule has 0 bridgehead atoms. The minimum absolute atomic E-state index is 0. The predicted molar refractivity (Wildman–Crippen MR) is 155 cm³/mol. The Morgan fingerprint density at radius 1 is 0.676 bits per heavy atom. The van der Waals surface area contributed by atoms with Gasteiger partial charge in [0.15, 0.2) is 0 Å². The third-order valence-electron chi connectivity index (χ3n) is 7.05. The third kappa shape index (κ3) is 6.48. The SMILES string of the molecule is CC1c2cc(C(C)(C)C)cc(C(C)(C)C)c2OP(=O)([O][Al])Oc2c1cc(C(C)(C)C)cc2C(C)(C)C.O. The molecular weight excluding hydrogens is 498 g/mol. The van der Waals surface area contributed by atoms with Crippen LogP contribution < -0.4 is 9.05 Å². The zero-order chi connectivity index (χ0) is 27.6.